The zero-order chi connectivity index (χ0) is 21.3. The molecule has 3 aromatic carbocycles. The van der Waals surface area contributed by atoms with Crippen LogP contribution < -0.4 is 10.3 Å². The molecule has 0 atom stereocenters. The SMILES string of the molecule is COc1cccc(-n2c(O)c(C=Nc3cccc(C)c3C)c3ccccc3c2=O)c1. The van der Waals surface area contributed by atoms with Crippen molar-refractivity contribution in [3.63, 3.8) is 0 Å². The van der Waals surface area contributed by atoms with E-state index in [1.54, 1.807) is 43.7 Å². The topological polar surface area (TPSA) is 63.8 Å². The molecule has 0 radical (unpaired) electrons. The minimum atomic E-state index is -0.305. The summed E-state index contributed by atoms with van der Waals surface area (Å²) in [5, 5.41) is 12.3. The third-order valence-electron chi connectivity index (χ3n) is 5.32. The van der Waals surface area contributed by atoms with E-state index in [1.807, 2.05) is 50.2 Å². The van der Waals surface area contributed by atoms with Gasteiger partial charge in [0.25, 0.3) is 5.56 Å². The molecule has 0 unspecified atom stereocenters. The number of methoxy groups -OCH3 is 1. The number of aromatic nitrogens is 1. The highest BCUT2D eigenvalue weighted by Crippen LogP contribution is 2.28. The lowest BCUT2D eigenvalue weighted by Crippen LogP contribution is -2.20. The first-order valence-electron chi connectivity index (χ1n) is 9.62. The molecule has 5 nitrogen and oxygen atoms in total. The number of pyridine rings is 1. The number of rotatable bonds is 4. The second kappa shape index (κ2) is 7.87. The number of benzene rings is 3. The summed E-state index contributed by atoms with van der Waals surface area (Å²) in [6.07, 6.45) is 1.62. The molecule has 30 heavy (non-hydrogen) atoms. The van der Waals surface area contributed by atoms with Gasteiger partial charge in [0.15, 0.2) is 0 Å². The number of nitrogens with zero attached hydrogens (tertiary/aromatic N) is 2. The molecule has 1 aromatic heterocycles. The standard InChI is InChI=1S/C25H22N2O3/c1-16-8-6-13-23(17(16)2)26-15-22-20-11-4-5-12-21(20)24(28)27(25(22)29)18-9-7-10-19(14-18)30-3/h4-15,29H,1-3H3. The molecule has 150 valence electrons. The maximum atomic E-state index is 13.2. The number of hydrogen-bond acceptors (Lipinski definition) is 4. The molecule has 1 heterocycles. The van der Waals surface area contributed by atoms with Crippen molar-refractivity contribution in [3.05, 3.63) is 93.8 Å². The first-order valence-corrected chi connectivity index (χ1v) is 9.62. The second-order valence-corrected chi connectivity index (χ2v) is 7.10. The number of ether oxygens (including phenoxy) is 1. The summed E-state index contributed by atoms with van der Waals surface area (Å²) in [4.78, 5) is 17.8. The van der Waals surface area contributed by atoms with E-state index in [9.17, 15) is 9.90 Å². The molecule has 0 fully saturated rings. The summed E-state index contributed by atoms with van der Waals surface area (Å²) in [5.41, 5.74) is 3.72. The third-order valence-corrected chi connectivity index (χ3v) is 5.32. The number of aryl methyl sites for hydroxylation is 1. The average Bonchev–Trinajstić information content (AvgIpc) is 2.76. The molecule has 4 rings (SSSR count). The average molecular weight is 398 g/mol. The molecule has 4 aromatic rings. The van der Waals surface area contributed by atoms with Crippen LogP contribution in [0.4, 0.5) is 5.69 Å². The Morgan fingerprint density at radius 1 is 0.967 bits per heavy atom. The van der Waals surface area contributed by atoms with Crippen LogP contribution in [0, 0.1) is 13.8 Å². The van der Waals surface area contributed by atoms with Crippen molar-refractivity contribution in [2.24, 2.45) is 4.99 Å². The quantitative estimate of drug-likeness (QED) is 0.488. The Bertz CT molecular complexity index is 1340. The second-order valence-electron chi connectivity index (χ2n) is 7.10. The van der Waals surface area contributed by atoms with Crippen molar-refractivity contribution < 1.29 is 9.84 Å². The van der Waals surface area contributed by atoms with Gasteiger partial charge >= 0.3 is 0 Å². The van der Waals surface area contributed by atoms with Crippen LogP contribution in [-0.4, -0.2) is 23.0 Å². The van der Waals surface area contributed by atoms with Crippen LogP contribution in [-0.2, 0) is 0 Å². The Hall–Kier alpha value is -3.86. The zero-order valence-corrected chi connectivity index (χ0v) is 17.1. The minimum Gasteiger partial charge on any atom is -0.497 e. The summed E-state index contributed by atoms with van der Waals surface area (Å²) in [7, 11) is 1.56. The third kappa shape index (κ3) is 3.35. The zero-order valence-electron chi connectivity index (χ0n) is 17.1. The van der Waals surface area contributed by atoms with E-state index in [4.69, 9.17) is 4.74 Å². The summed E-state index contributed by atoms with van der Waals surface area (Å²) < 4.78 is 6.57. The van der Waals surface area contributed by atoms with Gasteiger partial charge in [0.1, 0.15) is 5.75 Å². The molecule has 0 bridgehead atoms. The van der Waals surface area contributed by atoms with Crippen LogP contribution >= 0.6 is 0 Å². The number of fused-ring (bicyclic) bond motifs is 1. The van der Waals surface area contributed by atoms with E-state index < -0.39 is 0 Å². The fourth-order valence-corrected chi connectivity index (χ4v) is 3.49. The van der Waals surface area contributed by atoms with Crippen LogP contribution in [0.2, 0.25) is 0 Å². The van der Waals surface area contributed by atoms with Crippen molar-refractivity contribution in [1.29, 1.82) is 0 Å². The van der Waals surface area contributed by atoms with Crippen molar-refractivity contribution in [2.45, 2.75) is 13.8 Å². The van der Waals surface area contributed by atoms with Crippen LogP contribution in [0.25, 0.3) is 16.5 Å². The smallest absolute Gasteiger partial charge is 0.265 e. The Kier molecular flexibility index (Phi) is 5.11. The molecular weight excluding hydrogens is 376 g/mol. The molecule has 0 saturated heterocycles. The first kappa shape index (κ1) is 19.5. The van der Waals surface area contributed by atoms with Gasteiger partial charge in [-0.15, -0.1) is 0 Å². The van der Waals surface area contributed by atoms with Gasteiger partial charge in [0.2, 0.25) is 5.88 Å². The molecule has 0 aliphatic carbocycles. The van der Waals surface area contributed by atoms with Crippen LogP contribution in [0.3, 0.4) is 0 Å². The number of aromatic hydroxyl groups is 1. The fourth-order valence-electron chi connectivity index (χ4n) is 3.49. The van der Waals surface area contributed by atoms with Gasteiger partial charge in [0.05, 0.1) is 24.0 Å². The molecule has 0 saturated carbocycles. The summed E-state index contributed by atoms with van der Waals surface area (Å²) >= 11 is 0. The Morgan fingerprint density at radius 2 is 1.70 bits per heavy atom. The maximum absolute atomic E-state index is 13.2. The van der Waals surface area contributed by atoms with Gasteiger partial charge in [-0.1, -0.05) is 36.4 Å². The predicted molar refractivity (Wildman–Crippen MR) is 121 cm³/mol. The lowest BCUT2D eigenvalue weighted by Gasteiger charge is -2.14. The molecule has 1 N–H and O–H groups in total. The van der Waals surface area contributed by atoms with Gasteiger partial charge in [-0.2, -0.15) is 0 Å². The highest BCUT2D eigenvalue weighted by molar-refractivity contribution is 6.02. The monoisotopic (exact) mass is 398 g/mol. The Labute approximate surface area is 174 Å². The lowest BCUT2D eigenvalue weighted by molar-refractivity contribution is 0.413. The van der Waals surface area contributed by atoms with E-state index in [-0.39, 0.29) is 11.4 Å². The summed E-state index contributed by atoms with van der Waals surface area (Å²) in [6, 6.07) is 20.2. The first-order chi connectivity index (χ1) is 14.5. The van der Waals surface area contributed by atoms with Crippen LogP contribution in [0.5, 0.6) is 11.6 Å². The molecular formula is C25H22N2O3. The fraction of sp³-hybridized carbons (Fsp3) is 0.120. The van der Waals surface area contributed by atoms with E-state index in [1.165, 1.54) is 4.57 Å². The Balaban J connectivity index is 1.98. The lowest BCUT2D eigenvalue weighted by atomic mass is 10.1. The van der Waals surface area contributed by atoms with E-state index in [2.05, 4.69) is 4.99 Å². The van der Waals surface area contributed by atoms with Crippen molar-refractivity contribution >= 4 is 22.7 Å². The van der Waals surface area contributed by atoms with Gasteiger partial charge < -0.3 is 9.84 Å². The number of aliphatic imine (C=N–C) groups is 1. The highest BCUT2D eigenvalue weighted by atomic mass is 16.5. The van der Waals surface area contributed by atoms with Gasteiger partial charge in [0, 0.05) is 23.1 Å². The van der Waals surface area contributed by atoms with Crippen molar-refractivity contribution in [1.82, 2.24) is 4.57 Å². The van der Waals surface area contributed by atoms with Gasteiger partial charge in [-0.05, 0) is 49.2 Å². The molecule has 0 aliphatic heterocycles. The van der Waals surface area contributed by atoms with E-state index in [0.29, 0.717) is 27.8 Å². The van der Waals surface area contributed by atoms with Crippen molar-refractivity contribution in [3.8, 4) is 17.3 Å². The Morgan fingerprint density at radius 3 is 2.47 bits per heavy atom. The summed E-state index contributed by atoms with van der Waals surface area (Å²) in [5.74, 6) is 0.429. The molecule has 0 spiro atoms. The highest BCUT2D eigenvalue weighted by Gasteiger charge is 2.16. The minimum absolute atomic E-state index is 0.166. The number of hydrogen-bond donors (Lipinski definition) is 1. The van der Waals surface area contributed by atoms with E-state index >= 15 is 0 Å². The van der Waals surface area contributed by atoms with E-state index in [0.717, 1.165) is 16.8 Å². The molecule has 5 heteroatoms. The van der Waals surface area contributed by atoms with Gasteiger partial charge in [-0.25, -0.2) is 4.57 Å². The largest absolute Gasteiger partial charge is 0.497 e. The summed E-state index contributed by atoms with van der Waals surface area (Å²) in [6.45, 7) is 4.04. The molecule has 0 amide bonds. The normalized spacial score (nSPS) is 11.3. The van der Waals surface area contributed by atoms with Crippen LogP contribution in [0.1, 0.15) is 16.7 Å². The predicted octanol–water partition coefficient (Wildman–Crippen LogP) is 5.07. The van der Waals surface area contributed by atoms with Crippen LogP contribution in [0.15, 0.2) is 76.5 Å². The van der Waals surface area contributed by atoms with Gasteiger partial charge in [-0.3, -0.25) is 9.79 Å². The maximum Gasteiger partial charge on any atom is 0.265 e. The molecule has 0 aliphatic rings. The van der Waals surface area contributed by atoms with Crippen molar-refractivity contribution in [2.75, 3.05) is 7.11 Å².